The van der Waals surface area contributed by atoms with Crippen LogP contribution in [0.1, 0.15) is 11.1 Å². The number of rotatable bonds is 5. The molecule has 0 saturated carbocycles. The minimum Gasteiger partial charge on any atom is -0.337 e. The van der Waals surface area contributed by atoms with Gasteiger partial charge in [-0.25, -0.2) is 4.39 Å². The van der Waals surface area contributed by atoms with Crippen LogP contribution in [0.4, 0.5) is 10.1 Å². The molecule has 0 N–H and O–H groups in total. The highest BCUT2D eigenvalue weighted by atomic mass is 19.1. The number of non-ortho nitro benzene ring substituents is 1. The Balaban J connectivity index is 1.52. The summed E-state index contributed by atoms with van der Waals surface area (Å²) < 4.78 is 13.2. The molecule has 0 aromatic heterocycles. The Labute approximate surface area is 156 Å². The molecule has 7 heteroatoms. The van der Waals surface area contributed by atoms with Gasteiger partial charge in [0.15, 0.2) is 0 Å². The van der Waals surface area contributed by atoms with E-state index < -0.39 is 4.92 Å². The molecule has 1 aliphatic rings. The maximum atomic E-state index is 13.2. The van der Waals surface area contributed by atoms with E-state index in [0.717, 1.165) is 5.56 Å². The molecule has 1 amide bonds. The standard InChI is InChI=1S/C20H20FN3O3/c21-18-5-1-3-16(13-18)7-8-20(25)23-11-9-22(10-12-23)15-17-4-2-6-19(14-17)24(26)27/h1-8,13-14H,9-12,15H2/b8-7+. The van der Waals surface area contributed by atoms with Gasteiger partial charge >= 0.3 is 0 Å². The van der Waals surface area contributed by atoms with Crippen molar-refractivity contribution in [1.29, 1.82) is 0 Å². The first-order valence-corrected chi connectivity index (χ1v) is 8.69. The number of hydrogen-bond donors (Lipinski definition) is 0. The smallest absolute Gasteiger partial charge is 0.269 e. The summed E-state index contributed by atoms with van der Waals surface area (Å²) >= 11 is 0. The highest BCUT2D eigenvalue weighted by molar-refractivity contribution is 5.91. The molecule has 140 valence electrons. The zero-order chi connectivity index (χ0) is 19.2. The van der Waals surface area contributed by atoms with Crippen LogP contribution in [0.25, 0.3) is 6.08 Å². The van der Waals surface area contributed by atoms with E-state index in [0.29, 0.717) is 38.3 Å². The summed E-state index contributed by atoms with van der Waals surface area (Å²) in [7, 11) is 0. The molecule has 1 heterocycles. The van der Waals surface area contributed by atoms with Crippen LogP contribution in [-0.4, -0.2) is 46.8 Å². The molecule has 27 heavy (non-hydrogen) atoms. The summed E-state index contributed by atoms with van der Waals surface area (Å²) in [6.45, 7) is 3.18. The van der Waals surface area contributed by atoms with Gasteiger partial charge in [0.2, 0.25) is 5.91 Å². The van der Waals surface area contributed by atoms with Crippen LogP contribution in [0.2, 0.25) is 0 Å². The quantitative estimate of drug-likeness (QED) is 0.461. The number of nitro benzene ring substituents is 1. The summed E-state index contributed by atoms with van der Waals surface area (Å²) in [6, 6.07) is 12.7. The Kier molecular flexibility index (Phi) is 5.93. The summed E-state index contributed by atoms with van der Waals surface area (Å²) in [5.41, 5.74) is 1.62. The number of amides is 1. The first kappa shape index (κ1) is 18.7. The van der Waals surface area contributed by atoms with E-state index in [1.54, 1.807) is 35.2 Å². The maximum absolute atomic E-state index is 13.2. The van der Waals surface area contributed by atoms with Gasteiger partial charge in [-0.2, -0.15) is 0 Å². The van der Waals surface area contributed by atoms with Crippen LogP contribution in [0.3, 0.4) is 0 Å². The number of benzene rings is 2. The van der Waals surface area contributed by atoms with Crippen molar-refractivity contribution in [2.45, 2.75) is 6.54 Å². The predicted octanol–water partition coefficient (Wildman–Crippen LogP) is 3.09. The van der Waals surface area contributed by atoms with Crippen molar-refractivity contribution in [3.63, 3.8) is 0 Å². The molecular formula is C20H20FN3O3. The average Bonchev–Trinajstić information content (AvgIpc) is 2.67. The molecule has 3 rings (SSSR count). The number of hydrogen-bond acceptors (Lipinski definition) is 4. The number of nitro groups is 1. The predicted molar refractivity (Wildman–Crippen MR) is 100 cm³/mol. The van der Waals surface area contributed by atoms with Gasteiger partial charge in [0, 0.05) is 50.9 Å². The van der Waals surface area contributed by atoms with Gasteiger partial charge in [0.25, 0.3) is 5.69 Å². The van der Waals surface area contributed by atoms with E-state index in [9.17, 15) is 19.3 Å². The fourth-order valence-electron chi connectivity index (χ4n) is 3.04. The largest absolute Gasteiger partial charge is 0.337 e. The zero-order valence-electron chi connectivity index (χ0n) is 14.8. The number of carbonyl (C=O) groups excluding carboxylic acids is 1. The first-order chi connectivity index (χ1) is 13.0. The van der Waals surface area contributed by atoms with Crippen LogP contribution in [0, 0.1) is 15.9 Å². The van der Waals surface area contributed by atoms with Crippen LogP contribution in [-0.2, 0) is 11.3 Å². The Hall–Kier alpha value is -3.06. The lowest BCUT2D eigenvalue weighted by Gasteiger charge is -2.34. The number of nitrogens with zero attached hydrogens (tertiary/aromatic N) is 3. The lowest BCUT2D eigenvalue weighted by molar-refractivity contribution is -0.384. The molecule has 1 fully saturated rings. The highest BCUT2D eigenvalue weighted by Crippen LogP contribution is 2.16. The second-order valence-corrected chi connectivity index (χ2v) is 6.42. The van der Waals surface area contributed by atoms with E-state index in [4.69, 9.17) is 0 Å². The molecule has 6 nitrogen and oxygen atoms in total. The molecule has 0 bridgehead atoms. The van der Waals surface area contributed by atoms with E-state index in [1.807, 2.05) is 6.07 Å². The van der Waals surface area contributed by atoms with Crippen molar-refractivity contribution in [3.8, 4) is 0 Å². The van der Waals surface area contributed by atoms with Crippen molar-refractivity contribution >= 4 is 17.7 Å². The van der Waals surface area contributed by atoms with Crippen molar-refractivity contribution < 1.29 is 14.1 Å². The van der Waals surface area contributed by atoms with E-state index >= 15 is 0 Å². The van der Waals surface area contributed by atoms with Crippen molar-refractivity contribution in [1.82, 2.24) is 9.80 Å². The molecule has 0 atom stereocenters. The zero-order valence-corrected chi connectivity index (χ0v) is 14.8. The molecule has 0 unspecified atom stereocenters. The number of halogens is 1. The third-order valence-electron chi connectivity index (χ3n) is 4.48. The molecule has 0 radical (unpaired) electrons. The van der Waals surface area contributed by atoms with Gasteiger partial charge < -0.3 is 4.90 Å². The lowest BCUT2D eigenvalue weighted by atomic mass is 10.1. The van der Waals surface area contributed by atoms with E-state index in [-0.39, 0.29) is 17.4 Å². The molecule has 1 saturated heterocycles. The molecule has 2 aromatic carbocycles. The van der Waals surface area contributed by atoms with Gasteiger partial charge in [-0.05, 0) is 29.3 Å². The molecule has 2 aromatic rings. The van der Waals surface area contributed by atoms with Gasteiger partial charge in [-0.15, -0.1) is 0 Å². The van der Waals surface area contributed by atoms with Crippen LogP contribution < -0.4 is 0 Å². The maximum Gasteiger partial charge on any atom is 0.269 e. The SMILES string of the molecule is O=C(/C=C/c1cccc(F)c1)N1CCN(Cc2cccc([N+](=O)[O-])c2)CC1. The Morgan fingerprint density at radius 1 is 1.11 bits per heavy atom. The normalized spacial score (nSPS) is 15.2. The van der Waals surface area contributed by atoms with Gasteiger partial charge in [-0.1, -0.05) is 24.3 Å². The number of piperazine rings is 1. The Morgan fingerprint density at radius 3 is 2.56 bits per heavy atom. The van der Waals surface area contributed by atoms with E-state index in [1.165, 1.54) is 24.3 Å². The van der Waals surface area contributed by atoms with Gasteiger partial charge in [0.1, 0.15) is 5.82 Å². The van der Waals surface area contributed by atoms with Gasteiger partial charge in [0.05, 0.1) is 4.92 Å². The second kappa shape index (κ2) is 8.55. The monoisotopic (exact) mass is 369 g/mol. The molecule has 1 aliphatic heterocycles. The van der Waals surface area contributed by atoms with Crippen molar-refractivity contribution in [3.05, 3.63) is 81.7 Å². The van der Waals surface area contributed by atoms with Crippen LogP contribution in [0.15, 0.2) is 54.6 Å². The minimum absolute atomic E-state index is 0.0869. The average molecular weight is 369 g/mol. The van der Waals surface area contributed by atoms with Crippen LogP contribution in [0.5, 0.6) is 0 Å². The lowest BCUT2D eigenvalue weighted by Crippen LogP contribution is -2.47. The Bertz CT molecular complexity index is 861. The summed E-state index contributed by atoms with van der Waals surface area (Å²) in [4.78, 5) is 26.7. The second-order valence-electron chi connectivity index (χ2n) is 6.42. The first-order valence-electron chi connectivity index (χ1n) is 8.69. The fourth-order valence-corrected chi connectivity index (χ4v) is 3.04. The van der Waals surface area contributed by atoms with Gasteiger partial charge in [-0.3, -0.25) is 19.8 Å². The summed E-state index contributed by atoms with van der Waals surface area (Å²) in [5, 5.41) is 10.9. The van der Waals surface area contributed by atoms with Crippen molar-refractivity contribution in [2.75, 3.05) is 26.2 Å². The third-order valence-corrected chi connectivity index (χ3v) is 4.48. The third kappa shape index (κ3) is 5.21. The Morgan fingerprint density at radius 2 is 1.85 bits per heavy atom. The highest BCUT2D eigenvalue weighted by Gasteiger charge is 2.20. The molecule has 0 aliphatic carbocycles. The number of carbonyl (C=O) groups is 1. The summed E-state index contributed by atoms with van der Waals surface area (Å²) in [5.74, 6) is -0.436. The van der Waals surface area contributed by atoms with Crippen molar-refractivity contribution in [2.24, 2.45) is 0 Å². The topological polar surface area (TPSA) is 66.7 Å². The summed E-state index contributed by atoms with van der Waals surface area (Å²) in [6.07, 6.45) is 3.08. The molecular weight excluding hydrogens is 349 g/mol. The molecule has 0 spiro atoms. The fraction of sp³-hybridized carbons (Fsp3) is 0.250. The van der Waals surface area contributed by atoms with Crippen LogP contribution >= 0.6 is 0 Å². The van der Waals surface area contributed by atoms with E-state index in [2.05, 4.69) is 4.90 Å². The minimum atomic E-state index is -0.398.